The zero-order chi connectivity index (χ0) is 13.6. The molecule has 17 heavy (non-hydrogen) atoms. The molecule has 100 valence electrons. The fourth-order valence-corrected chi connectivity index (χ4v) is 2.08. The van der Waals surface area contributed by atoms with Gasteiger partial charge in [-0.3, -0.25) is 0 Å². The van der Waals surface area contributed by atoms with Crippen LogP contribution in [-0.4, -0.2) is 18.0 Å². The van der Waals surface area contributed by atoms with Gasteiger partial charge in [-0.25, -0.2) is 4.99 Å². The Labute approximate surface area is 107 Å². The van der Waals surface area contributed by atoms with Gasteiger partial charge >= 0.3 is 0 Å². The van der Waals surface area contributed by atoms with Crippen LogP contribution in [0.3, 0.4) is 0 Å². The fourth-order valence-electron chi connectivity index (χ4n) is 2.08. The van der Waals surface area contributed by atoms with E-state index in [1.165, 1.54) is 0 Å². The highest BCUT2D eigenvalue weighted by Gasteiger charge is 2.46. The Morgan fingerprint density at radius 2 is 1.29 bits per heavy atom. The lowest BCUT2D eigenvalue weighted by molar-refractivity contribution is 0.0379. The first kappa shape index (κ1) is 14.5. The second-order valence-electron chi connectivity index (χ2n) is 8.40. The maximum absolute atomic E-state index is 6.18. The van der Waals surface area contributed by atoms with Crippen molar-refractivity contribution in [1.29, 1.82) is 0 Å². The molecule has 0 bridgehead atoms. The average Bonchev–Trinajstić information content (AvgIpc) is 2.42. The van der Waals surface area contributed by atoms with E-state index in [0.717, 1.165) is 5.90 Å². The summed E-state index contributed by atoms with van der Waals surface area (Å²) in [6.45, 7) is 19.9. The Kier molecular flexibility index (Phi) is 3.42. The molecule has 1 heterocycles. The molecule has 2 nitrogen and oxygen atoms in total. The van der Waals surface area contributed by atoms with Gasteiger partial charge in [0.1, 0.15) is 6.10 Å². The van der Waals surface area contributed by atoms with E-state index in [0.29, 0.717) is 0 Å². The second kappa shape index (κ2) is 4.00. The van der Waals surface area contributed by atoms with Crippen molar-refractivity contribution in [3.63, 3.8) is 0 Å². The third kappa shape index (κ3) is 3.23. The highest BCUT2D eigenvalue weighted by atomic mass is 16.5. The number of nitrogens with zero attached hydrogens (tertiary/aromatic N) is 1. The first-order chi connectivity index (χ1) is 7.33. The predicted octanol–water partition coefficient (Wildman–Crippen LogP) is 4.29. The number of rotatable bonds is 0. The lowest BCUT2D eigenvalue weighted by atomic mass is 9.75. The van der Waals surface area contributed by atoms with Gasteiger partial charge in [0.25, 0.3) is 0 Å². The average molecular weight is 239 g/mol. The van der Waals surface area contributed by atoms with Crippen LogP contribution in [0.4, 0.5) is 0 Å². The minimum atomic E-state index is 0.00347. The van der Waals surface area contributed by atoms with Crippen molar-refractivity contribution in [2.24, 2.45) is 21.2 Å². The monoisotopic (exact) mass is 239 g/mol. The molecule has 1 aliphatic rings. The van der Waals surface area contributed by atoms with Crippen molar-refractivity contribution in [3.8, 4) is 0 Å². The summed E-state index contributed by atoms with van der Waals surface area (Å²) in [6.07, 6.45) is 0.178. The summed E-state index contributed by atoms with van der Waals surface area (Å²) in [5.41, 5.74) is 0.267. The summed E-state index contributed by atoms with van der Waals surface area (Å²) >= 11 is 0. The SMILES string of the molecule is CC(C)(C)C1=NC(C(C)(C)C)C(C(C)(C)C)O1. The van der Waals surface area contributed by atoms with Crippen LogP contribution in [0.2, 0.25) is 0 Å². The van der Waals surface area contributed by atoms with Gasteiger partial charge in [0.05, 0.1) is 6.04 Å². The highest BCUT2D eigenvalue weighted by molar-refractivity contribution is 5.83. The normalized spacial score (nSPS) is 26.8. The molecule has 0 aromatic carbocycles. The van der Waals surface area contributed by atoms with E-state index in [4.69, 9.17) is 9.73 Å². The van der Waals surface area contributed by atoms with E-state index in [9.17, 15) is 0 Å². The zero-order valence-corrected chi connectivity index (χ0v) is 13.0. The first-order valence-corrected chi connectivity index (χ1v) is 6.58. The van der Waals surface area contributed by atoms with Gasteiger partial charge in [0, 0.05) is 10.8 Å². The van der Waals surface area contributed by atoms with Gasteiger partial charge in [0.15, 0.2) is 5.90 Å². The third-order valence-electron chi connectivity index (χ3n) is 3.16. The van der Waals surface area contributed by atoms with Crippen LogP contribution < -0.4 is 0 Å². The lowest BCUT2D eigenvalue weighted by Gasteiger charge is -2.36. The van der Waals surface area contributed by atoms with Gasteiger partial charge in [0.2, 0.25) is 0 Å². The molecule has 0 aromatic heterocycles. The molecule has 0 aliphatic carbocycles. The molecule has 0 amide bonds. The molecule has 0 fully saturated rings. The van der Waals surface area contributed by atoms with Crippen molar-refractivity contribution in [1.82, 2.24) is 0 Å². The predicted molar refractivity (Wildman–Crippen MR) is 74.5 cm³/mol. The summed E-state index contributed by atoms with van der Waals surface area (Å²) in [5, 5.41) is 0. The maximum Gasteiger partial charge on any atom is 0.189 e. The fraction of sp³-hybridized carbons (Fsp3) is 0.933. The molecule has 2 atom stereocenters. The molecule has 0 aromatic rings. The Morgan fingerprint density at radius 3 is 1.53 bits per heavy atom. The van der Waals surface area contributed by atoms with Crippen LogP contribution in [0.1, 0.15) is 62.3 Å². The van der Waals surface area contributed by atoms with Gasteiger partial charge in [-0.15, -0.1) is 0 Å². The summed E-state index contributed by atoms with van der Waals surface area (Å²) in [5.74, 6) is 0.914. The summed E-state index contributed by atoms with van der Waals surface area (Å²) in [7, 11) is 0. The van der Waals surface area contributed by atoms with Crippen LogP contribution in [0.25, 0.3) is 0 Å². The van der Waals surface area contributed by atoms with Crippen molar-refractivity contribution in [3.05, 3.63) is 0 Å². The molecule has 0 spiro atoms. The zero-order valence-electron chi connectivity index (χ0n) is 13.0. The molecule has 2 unspecified atom stereocenters. The number of ether oxygens (including phenoxy) is 1. The molecule has 2 heteroatoms. The first-order valence-electron chi connectivity index (χ1n) is 6.58. The molecule has 0 saturated carbocycles. The van der Waals surface area contributed by atoms with Gasteiger partial charge in [-0.05, 0) is 5.41 Å². The van der Waals surface area contributed by atoms with Crippen molar-refractivity contribution < 1.29 is 4.74 Å². The van der Waals surface area contributed by atoms with Crippen LogP contribution in [0.5, 0.6) is 0 Å². The molecule has 0 radical (unpaired) electrons. The van der Waals surface area contributed by atoms with Gasteiger partial charge in [-0.1, -0.05) is 62.3 Å². The molecule has 0 saturated heterocycles. The molecule has 1 aliphatic heterocycles. The van der Waals surface area contributed by atoms with E-state index in [1.54, 1.807) is 0 Å². The Balaban J connectivity index is 3.08. The van der Waals surface area contributed by atoms with Crippen LogP contribution in [0.15, 0.2) is 4.99 Å². The molecular weight excluding hydrogens is 210 g/mol. The minimum Gasteiger partial charge on any atom is -0.474 e. The Hall–Kier alpha value is -0.530. The minimum absolute atomic E-state index is 0.00347. The van der Waals surface area contributed by atoms with Gasteiger partial charge in [-0.2, -0.15) is 0 Å². The molecular formula is C15H29NO. The molecule has 0 N–H and O–H groups in total. The van der Waals surface area contributed by atoms with E-state index >= 15 is 0 Å². The van der Waals surface area contributed by atoms with E-state index in [1.807, 2.05) is 0 Å². The highest BCUT2D eigenvalue weighted by Crippen LogP contribution is 2.41. The number of aliphatic imine (C=N–C) groups is 1. The van der Waals surface area contributed by atoms with Crippen LogP contribution in [0, 0.1) is 16.2 Å². The quantitative estimate of drug-likeness (QED) is 0.618. The smallest absolute Gasteiger partial charge is 0.189 e. The topological polar surface area (TPSA) is 21.6 Å². The van der Waals surface area contributed by atoms with E-state index in [2.05, 4.69) is 62.3 Å². The summed E-state index contributed by atoms with van der Waals surface area (Å²) in [6, 6.07) is 0.247. The Bertz CT molecular complexity index is 309. The van der Waals surface area contributed by atoms with Gasteiger partial charge < -0.3 is 4.74 Å². The lowest BCUT2D eigenvalue weighted by Crippen LogP contribution is -2.42. The van der Waals surface area contributed by atoms with E-state index in [-0.39, 0.29) is 28.4 Å². The van der Waals surface area contributed by atoms with Crippen molar-refractivity contribution in [2.75, 3.05) is 0 Å². The Morgan fingerprint density at radius 1 is 0.824 bits per heavy atom. The van der Waals surface area contributed by atoms with Crippen molar-refractivity contribution in [2.45, 2.75) is 74.5 Å². The number of hydrogen-bond acceptors (Lipinski definition) is 2. The largest absolute Gasteiger partial charge is 0.474 e. The van der Waals surface area contributed by atoms with Crippen LogP contribution in [-0.2, 0) is 4.74 Å². The van der Waals surface area contributed by atoms with Crippen molar-refractivity contribution >= 4 is 5.90 Å². The maximum atomic E-state index is 6.18. The van der Waals surface area contributed by atoms with E-state index < -0.39 is 0 Å². The van der Waals surface area contributed by atoms with Crippen LogP contribution >= 0.6 is 0 Å². The standard InChI is InChI=1S/C15H29NO/c1-13(2,3)10-11(14(4,5)6)17-12(16-10)15(7,8)9/h10-11H,1-9H3. The summed E-state index contributed by atoms with van der Waals surface area (Å²) < 4.78 is 6.18. The molecule has 1 rings (SSSR count). The second-order valence-corrected chi connectivity index (χ2v) is 8.40. The number of hydrogen-bond donors (Lipinski definition) is 0. The third-order valence-corrected chi connectivity index (χ3v) is 3.16. The summed E-state index contributed by atoms with van der Waals surface area (Å²) in [4.78, 5) is 4.87.